The topological polar surface area (TPSA) is 82.1 Å². The minimum atomic E-state index is -3.14. The summed E-state index contributed by atoms with van der Waals surface area (Å²) in [5, 5.41) is 0. The number of amides is 1. The van der Waals surface area contributed by atoms with Crippen molar-refractivity contribution < 1.29 is 27.4 Å². The summed E-state index contributed by atoms with van der Waals surface area (Å²) in [5.41, 5.74) is 1.92. The van der Waals surface area contributed by atoms with Gasteiger partial charge in [0.1, 0.15) is 5.75 Å². The van der Waals surface area contributed by atoms with Crippen LogP contribution in [-0.4, -0.2) is 57.6 Å². The van der Waals surface area contributed by atoms with Gasteiger partial charge in [-0.2, -0.15) is 0 Å². The van der Waals surface area contributed by atoms with Crippen LogP contribution in [0.25, 0.3) is 0 Å². The van der Waals surface area contributed by atoms with E-state index in [2.05, 4.69) is 0 Å². The lowest BCUT2D eigenvalue weighted by Gasteiger charge is -2.28. The molecule has 2 aromatic rings. The fourth-order valence-electron chi connectivity index (χ4n) is 3.48. The maximum absolute atomic E-state index is 13.0. The fourth-order valence-corrected chi connectivity index (χ4v) is 5.21. The van der Waals surface area contributed by atoms with Crippen LogP contribution < -0.4 is 14.2 Å². The SMILES string of the molecule is COc1ccc(CN(C(=O)COc2ccc(C)cc2)C2CCS(=O)(=O)C2)cc1OC. The number of nitrogens with zero attached hydrogens (tertiary/aromatic N) is 1. The molecule has 3 rings (SSSR count). The number of benzene rings is 2. The van der Waals surface area contributed by atoms with E-state index in [1.165, 1.54) is 0 Å². The Morgan fingerprint density at radius 1 is 1.07 bits per heavy atom. The van der Waals surface area contributed by atoms with E-state index in [0.29, 0.717) is 23.7 Å². The summed E-state index contributed by atoms with van der Waals surface area (Å²) in [7, 11) is -0.0412. The molecular weight excluding hydrogens is 406 g/mol. The molecule has 1 unspecified atom stereocenters. The summed E-state index contributed by atoms with van der Waals surface area (Å²) in [5.74, 6) is 1.54. The molecule has 0 bridgehead atoms. The zero-order valence-corrected chi connectivity index (χ0v) is 18.3. The van der Waals surface area contributed by atoms with Crippen LogP contribution >= 0.6 is 0 Å². The first-order chi connectivity index (χ1) is 14.3. The van der Waals surface area contributed by atoms with Gasteiger partial charge in [-0.15, -0.1) is 0 Å². The van der Waals surface area contributed by atoms with E-state index < -0.39 is 9.84 Å². The number of ether oxygens (including phenoxy) is 3. The normalized spacial score (nSPS) is 17.4. The lowest BCUT2D eigenvalue weighted by atomic mass is 10.1. The van der Waals surface area contributed by atoms with Crippen molar-refractivity contribution in [1.82, 2.24) is 4.90 Å². The third-order valence-corrected chi connectivity index (χ3v) is 6.90. The molecule has 1 aliphatic rings. The molecule has 30 heavy (non-hydrogen) atoms. The molecule has 7 nitrogen and oxygen atoms in total. The summed E-state index contributed by atoms with van der Waals surface area (Å²) >= 11 is 0. The Hall–Kier alpha value is -2.74. The molecule has 1 heterocycles. The fraction of sp³-hybridized carbons (Fsp3) is 0.409. The van der Waals surface area contributed by atoms with Gasteiger partial charge < -0.3 is 19.1 Å². The number of sulfone groups is 1. The lowest BCUT2D eigenvalue weighted by molar-refractivity contribution is -0.136. The molecule has 1 atom stereocenters. The third kappa shape index (κ3) is 5.44. The highest BCUT2D eigenvalue weighted by Gasteiger charge is 2.35. The highest BCUT2D eigenvalue weighted by Crippen LogP contribution is 2.29. The third-order valence-electron chi connectivity index (χ3n) is 5.15. The Bertz CT molecular complexity index is 987. The zero-order valence-electron chi connectivity index (χ0n) is 17.5. The molecule has 1 amide bonds. The summed E-state index contributed by atoms with van der Waals surface area (Å²) in [4.78, 5) is 14.6. The van der Waals surface area contributed by atoms with Crippen LogP contribution in [0.1, 0.15) is 17.5 Å². The zero-order chi connectivity index (χ0) is 21.7. The first kappa shape index (κ1) is 22.0. The second-order valence-corrected chi connectivity index (χ2v) is 9.60. The van der Waals surface area contributed by atoms with Crippen LogP contribution in [-0.2, 0) is 21.2 Å². The van der Waals surface area contributed by atoms with E-state index in [0.717, 1.165) is 11.1 Å². The van der Waals surface area contributed by atoms with Gasteiger partial charge in [0.05, 0.1) is 25.7 Å². The second kappa shape index (κ2) is 9.38. The molecule has 0 radical (unpaired) electrons. The van der Waals surface area contributed by atoms with Crippen LogP contribution in [0.2, 0.25) is 0 Å². The van der Waals surface area contributed by atoms with Crippen molar-refractivity contribution in [1.29, 1.82) is 0 Å². The first-order valence-corrected chi connectivity index (χ1v) is 11.5. The van der Waals surface area contributed by atoms with E-state index in [4.69, 9.17) is 14.2 Å². The smallest absolute Gasteiger partial charge is 0.261 e. The number of rotatable bonds is 8. The van der Waals surface area contributed by atoms with Gasteiger partial charge in [0.25, 0.3) is 5.91 Å². The van der Waals surface area contributed by atoms with Gasteiger partial charge in [-0.05, 0) is 43.2 Å². The monoisotopic (exact) mass is 433 g/mol. The van der Waals surface area contributed by atoms with Crippen LogP contribution in [0, 0.1) is 6.92 Å². The quantitative estimate of drug-likeness (QED) is 0.637. The van der Waals surface area contributed by atoms with Gasteiger partial charge in [-0.3, -0.25) is 4.79 Å². The van der Waals surface area contributed by atoms with Crippen molar-refractivity contribution in [2.75, 3.05) is 32.3 Å². The number of hydrogen-bond acceptors (Lipinski definition) is 6. The minimum absolute atomic E-state index is 0.0312. The van der Waals surface area contributed by atoms with Crippen molar-refractivity contribution in [3.05, 3.63) is 53.6 Å². The highest BCUT2D eigenvalue weighted by atomic mass is 32.2. The number of carbonyl (C=O) groups is 1. The van der Waals surface area contributed by atoms with Crippen LogP contribution in [0.3, 0.4) is 0 Å². The molecule has 0 aliphatic carbocycles. The van der Waals surface area contributed by atoms with E-state index >= 15 is 0 Å². The van der Waals surface area contributed by atoms with Crippen molar-refractivity contribution in [2.24, 2.45) is 0 Å². The Morgan fingerprint density at radius 3 is 2.37 bits per heavy atom. The predicted molar refractivity (Wildman–Crippen MR) is 114 cm³/mol. The molecule has 0 saturated carbocycles. The van der Waals surface area contributed by atoms with Crippen LogP contribution in [0.4, 0.5) is 0 Å². The van der Waals surface area contributed by atoms with E-state index in [1.807, 2.05) is 25.1 Å². The largest absolute Gasteiger partial charge is 0.493 e. The van der Waals surface area contributed by atoms with E-state index in [9.17, 15) is 13.2 Å². The molecule has 162 valence electrons. The van der Waals surface area contributed by atoms with Gasteiger partial charge in [0.15, 0.2) is 27.9 Å². The molecule has 2 aromatic carbocycles. The van der Waals surface area contributed by atoms with Crippen molar-refractivity contribution in [2.45, 2.75) is 25.9 Å². The van der Waals surface area contributed by atoms with Gasteiger partial charge in [0.2, 0.25) is 0 Å². The van der Waals surface area contributed by atoms with Crippen LogP contribution in [0.5, 0.6) is 17.2 Å². The summed E-state index contributed by atoms with van der Waals surface area (Å²) in [6.45, 7) is 2.07. The Morgan fingerprint density at radius 2 is 1.77 bits per heavy atom. The molecule has 0 spiro atoms. The van der Waals surface area contributed by atoms with Gasteiger partial charge >= 0.3 is 0 Å². The number of aryl methyl sites for hydroxylation is 1. The molecule has 1 saturated heterocycles. The maximum atomic E-state index is 13.0. The summed E-state index contributed by atoms with van der Waals surface area (Å²) in [6, 6.07) is 12.5. The van der Waals surface area contributed by atoms with Crippen LogP contribution in [0.15, 0.2) is 42.5 Å². The summed E-state index contributed by atoms with van der Waals surface area (Å²) in [6.07, 6.45) is 0.423. The van der Waals surface area contributed by atoms with E-state index in [-0.39, 0.29) is 36.6 Å². The highest BCUT2D eigenvalue weighted by molar-refractivity contribution is 7.91. The number of carbonyl (C=O) groups excluding carboxylic acids is 1. The first-order valence-electron chi connectivity index (χ1n) is 9.71. The van der Waals surface area contributed by atoms with Crippen molar-refractivity contribution in [3.63, 3.8) is 0 Å². The molecule has 1 fully saturated rings. The average Bonchev–Trinajstić information content (AvgIpc) is 3.10. The minimum Gasteiger partial charge on any atom is -0.493 e. The molecule has 1 aliphatic heterocycles. The van der Waals surface area contributed by atoms with Gasteiger partial charge in [-0.1, -0.05) is 23.8 Å². The predicted octanol–water partition coefficient (Wildman–Crippen LogP) is 2.61. The standard InChI is InChI=1S/C22H27NO6S/c1-16-4-7-19(8-5-16)29-14-22(24)23(18-10-11-30(25,26)15-18)13-17-6-9-20(27-2)21(12-17)28-3/h4-9,12,18H,10-11,13-15H2,1-3H3. The van der Waals surface area contributed by atoms with Crippen molar-refractivity contribution >= 4 is 15.7 Å². The second-order valence-electron chi connectivity index (χ2n) is 7.37. The molecule has 0 aromatic heterocycles. The van der Waals surface area contributed by atoms with Crippen molar-refractivity contribution in [3.8, 4) is 17.2 Å². The molecular formula is C22H27NO6S. The Labute approximate surface area is 177 Å². The Balaban J connectivity index is 1.78. The lowest BCUT2D eigenvalue weighted by Crippen LogP contribution is -2.43. The Kier molecular flexibility index (Phi) is 6.87. The molecule has 0 N–H and O–H groups in total. The van der Waals surface area contributed by atoms with E-state index in [1.54, 1.807) is 43.4 Å². The van der Waals surface area contributed by atoms with Gasteiger partial charge in [0, 0.05) is 12.6 Å². The number of hydrogen-bond donors (Lipinski definition) is 0. The maximum Gasteiger partial charge on any atom is 0.261 e. The summed E-state index contributed by atoms with van der Waals surface area (Å²) < 4.78 is 40.3. The molecule has 8 heteroatoms. The average molecular weight is 434 g/mol. The number of methoxy groups -OCH3 is 2. The van der Waals surface area contributed by atoms with Gasteiger partial charge in [-0.25, -0.2) is 8.42 Å².